The van der Waals surface area contributed by atoms with Crippen molar-refractivity contribution in [2.45, 2.75) is 20.8 Å². The van der Waals surface area contributed by atoms with Gasteiger partial charge in [0.25, 0.3) is 0 Å². The number of phenolic OH excluding ortho intramolecular Hbond substituents is 1. The van der Waals surface area contributed by atoms with Crippen LogP contribution >= 0.6 is 11.6 Å². The molecule has 4 heteroatoms. The highest BCUT2D eigenvalue weighted by molar-refractivity contribution is 6.30. The highest BCUT2D eigenvalue weighted by atomic mass is 35.5. The number of aromatic hydroxyl groups is 1. The molecule has 0 aliphatic carbocycles. The molecule has 1 aromatic heterocycles. The van der Waals surface area contributed by atoms with Gasteiger partial charge in [0.05, 0.1) is 11.3 Å². The molecule has 2 aromatic carbocycles. The number of hydrogen-bond acceptors (Lipinski definition) is 1. The first-order chi connectivity index (χ1) is 10.0. The molecule has 0 atom stereocenters. The fourth-order valence-electron chi connectivity index (χ4n) is 2.21. The summed E-state index contributed by atoms with van der Waals surface area (Å²) in [6.45, 7) is 5.99. The molecule has 0 saturated heterocycles. The number of fused-ring (bicyclic) bond motifs is 1. The zero-order valence-electron chi connectivity index (χ0n) is 12.2. The fraction of sp³-hybridized carbons (Fsp3) is 0.176. The Hall–Kier alpha value is -2.00. The molecule has 1 heterocycles. The van der Waals surface area contributed by atoms with E-state index in [4.69, 9.17) is 11.6 Å². The van der Waals surface area contributed by atoms with Crippen LogP contribution in [0.4, 0.5) is 4.39 Å². The molecular weight excluding hydrogens is 289 g/mol. The van der Waals surface area contributed by atoms with Crippen molar-refractivity contribution < 1.29 is 9.50 Å². The number of benzene rings is 2. The monoisotopic (exact) mass is 305 g/mol. The Bertz CT molecular complexity index is 757. The molecule has 110 valence electrons. The van der Waals surface area contributed by atoms with Gasteiger partial charge in [0, 0.05) is 15.9 Å². The van der Waals surface area contributed by atoms with Gasteiger partial charge in [-0.2, -0.15) is 0 Å². The van der Waals surface area contributed by atoms with E-state index < -0.39 is 5.82 Å². The summed E-state index contributed by atoms with van der Waals surface area (Å²) in [6.07, 6.45) is 0. The normalized spacial score (nSPS) is 10.3. The Kier molecular flexibility index (Phi) is 4.53. The molecule has 0 aliphatic heterocycles. The van der Waals surface area contributed by atoms with E-state index in [2.05, 4.69) is 4.98 Å². The van der Waals surface area contributed by atoms with E-state index in [0.717, 1.165) is 16.5 Å². The average molecular weight is 306 g/mol. The van der Waals surface area contributed by atoms with E-state index in [9.17, 15) is 9.50 Å². The Morgan fingerprint density at radius 1 is 1.10 bits per heavy atom. The van der Waals surface area contributed by atoms with Crippen LogP contribution in [0, 0.1) is 12.7 Å². The number of phenols is 1. The second kappa shape index (κ2) is 6.19. The lowest BCUT2D eigenvalue weighted by Crippen LogP contribution is -1.85. The van der Waals surface area contributed by atoms with Gasteiger partial charge in [-0.1, -0.05) is 37.1 Å². The molecule has 0 aliphatic rings. The van der Waals surface area contributed by atoms with Crippen LogP contribution in [0.2, 0.25) is 5.02 Å². The molecule has 0 spiro atoms. The third-order valence-electron chi connectivity index (χ3n) is 3.08. The van der Waals surface area contributed by atoms with E-state index in [1.165, 1.54) is 12.1 Å². The lowest BCUT2D eigenvalue weighted by molar-refractivity contribution is 0.472. The predicted molar refractivity (Wildman–Crippen MR) is 86.5 cm³/mol. The minimum absolute atomic E-state index is 0.137. The van der Waals surface area contributed by atoms with E-state index in [-0.39, 0.29) is 16.3 Å². The summed E-state index contributed by atoms with van der Waals surface area (Å²) in [4.78, 5) is 3.10. The first-order valence-corrected chi connectivity index (χ1v) is 7.20. The van der Waals surface area contributed by atoms with Crippen LogP contribution in [0.5, 0.6) is 5.75 Å². The largest absolute Gasteiger partial charge is 0.507 e. The van der Waals surface area contributed by atoms with Gasteiger partial charge in [-0.25, -0.2) is 4.39 Å². The number of halogens is 2. The molecule has 3 aromatic rings. The number of H-pyrrole nitrogens is 1. The molecule has 0 fully saturated rings. The third-order valence-corrected chi connectivity index (χ3v) is 3.30. The summed E-state index contributed by atoms with van der Waals surface area (Å²) in [5.41, 5.74) is 2.69. The van der Waals surface area contributed by atoms with E-state index >= 15 is 0 Å². The number of nitrogens with one attached hydrogen (secondary N) is 1. The van der Waals surface area contributed by atoms with Crippen molar-refractivity contribution in [3.63, 3.8) is 0 Å². The SMILES string of the molecule is CC.Cc1ccc2[nH]c(-c3c(O)cc(Cl)cc3F)cc2c1. The summed E-state index contributed by atoms with van der Waals surface area (Å²) in [6, 6.07) is 10.2. The molecule has 0 saturated carbocycles. The van der Waals surface area contributed by atoms with Crippen molar-refractivity contribution in [1.29, 1.82) is 0 Å². The molecule has 0 bridgehead atoms. The van der Waals surface area contributed by atoms with Crippen LogP contribution in [0.25, 0.3) is 22.2 Å². The minimum atomic E-state index is -0.548. The Morgan fingerprint density at radius 2 is 1.81 bits per heavy atom. The van der Waals surface area contributed by atoms with Gasteiger partial charge in [0.15, 0.2) is 0 Å². The van der Waals surface area contributed by atoms with Crippen LogP contribution < -0.4 is 0 Å². The van der Waals surface area contributed by atoms with Gasteiger partial charge >= 0.3 is 0 Å². The quantitative estimate of drug-likeness (QED) is 0.597. The topological polar surface area (TPSA) is 36.0 Å². The summed E-state index contributed by atoms with van der Waals surface area (Å²) in [5.74, 6) is -0.721. The molecular formula is C17H17ClFNO. The lowest BCUT2D eigenvalue weighted by Gasteiger charge is -2.04. The van der Waals surface area contributed by atoms with Crippen molar-refractivity contribution in [3.8, 4) is 17.0 Å². The molecule has 0 amide bonds. The second-order valence-corrected chi connectivity index (χ2v) is 4.99. The van der Waals surface area contributed by atoms with Gasteiger partial charge in [-0.3, -0.25) is 0 Å². The van der Waals surface area contributed by atoms with E-state index in [1.54, 1.807) is 0 Å². The maximum absolute atomic E-state index is 13.9. The Labute approximate surface area is 128 Å². The van der Waals surface area contributed by atoms with Gasteiger partial charge in [-0.05, 0) is 37.3 Å². The van der Waals surface area contributed by atoms with Crippen LogP contribution in [0.15, 0.2) is 36.4 Å². The van der Waals surface area contributed by atoms with Crippen LogP contribution in [0.3, 0.4) is 0 Å². The smallest absolute Gasteiger partial charge is 0.137 e. The zero-order valence-corrected chi connectivity index (χ0v) is 12.9. The van der Waals surface area contributed by atoms with Crippen molar-refractivity contribution in [2.24, 2.45) is 0 Å². The van der Waals surface area contributed by atoms with Crippen LogP contribution in [-0.2, 0) is 0 Å². The number of rotatable bonds is 1. The average Bonchev–Trinajstić information content (AvgIpc) is 2.82. The van der Waals surface area contributed by atoms with Gasteiger partial charge in [0.2, 0.25) is 0 Å². The molecule has 2 nitrogen and oxygen atoms in total. The van der Waals surface area contributed by atoms with Crippen molar-refractivity contribution in [3.05, 3.63) is 52.8 Å². The maximum Gasteiger partial charge on any atom is 0.137 e. The summed E-state index contributed by atoms with van der Waals surface area (Å²) in [5, 5.41) is 11.0. The van der Waals surface area contributed by atoms with Crippen molar-refractivity contribution in [2.75, 3.05) is 0 Å². The molecule has 21 heavy (non-hydrogen) atoms. The molecule has 3 rings (SSSR count). The number of aromatic nitrogens is 1. The minimum Gasteiger partial charge on any atom is -0.507 e. The van der Waals surface area contributed by atoms with Crippen molar-refractivity contribution in [1.82, 2.24) is 4.98 Å². The highest BCUT2D eigenvalue weighted by Gasteiger charge is 2.14. The molecule has 0 unspecified atom stereocenters. The van der Waals surface area contributed by atoms with Gasteiger partial charge in [0.1, 0.15) is 11.6 Å². The maximum atomic E-state index is 13.9. The van der Waals surface area contributed by atoms with Crippen LogP contribution in [-0.4, -0.2) is 10.1 Å². The van der Waals surface area contributed by atoms with Crippen molar-refractivity contribution >= 4 is 22.5 Å². The molecule has 0 radical (unpaired) electrons. The summed E-state index contributed by atoms with van der Waals surface area (Å²) in [7, 11) is 0. The number of aryl methyl sites for hydroxylation is 1. The first-order valence-electron chi connectivity index (χ1n) is 6.82. The van der Waals surface area contributed by atoms with Gasteiger partial charge in [-0.15, -0.1) is 0 Å². The first kappa shape index (κ1) is 15.4. The number of aromatic amines is 1. The second-order valence-electron chi connectivity index (χ2n) is 4.56. The number of hydrogen-bond donors (Lipinski definition) is 2. The fourth-order valence-corrected chi connectivity index (χ4v) is 2.41. The standard InChI is InChI=1S/C15H11ClFNO.C2H6/c1-8-2-3-12-9(4-8)5-13(18-12)15-11(17)6-10(16)7-14(15)19;1-2/h2-7,18-19H,1H3;1-2H3. The summed E-state index contributed by atoms with van der Waals surface area (Å²) >= 11 is 5.70. The highest BCUT2D eigenvalue weighted by Crippen LogP contribution is 2.35. The summed E-state index contributed by atoms with van der Waals surface area (Å²) < 4.78 is 13.9. The van der Waals surface area contributed by atoms with Gasteiger partial charge < -0.3 is 10.1 Å². The predicted octanol–water partition coefficient (Wildman–Crippen LogP) is 5.67. The third kappa shape index (κ3) is 3.03. The lowest BCUT2D eigenvalue weighted by atomic mass is 10.1. The Morgan fingerprint density at radius 3 is 2.48 bits per heavy atom. The zero-order chi connectivity index (χ0) is 15.6. The van der Waals surface area contributed by atoms with E-state index in [0.29, 0.717) is 5.69 Å². The molecule has 2 N–H and O–H groups in total. The van der Waals surface area contributed by atoms with E-state index in [1.807, 2.05) is 45.0 Å². The van der Waals surface area contributed by atoms with Crippen LogP contribution in [0.1, 0.15) is 19.4 Å². The Balaban J connectivity index is 0.000000774.